The van der Waals surface area contributed by atoms with E-state index in [2.05, 4.69) is 4.98 Å². The summed E-state index contributed by atoms with van der Waals surface area (Å²) in [5.74, 6) is 0.186. The van der Waals surface area contributed by atoms with Crippen LogP contribution in [0.2, 0.25) is 0 Å². The topological polar surface area (TPSA) is 48.1 Å². The van der Waals surface area contributed by atoms with Gasteiger partial charge in [-0.25, -0.2) is 13.8 Å². The van der Waals surface area contributed by atoms with E-state index in [1.165, 1.54) is 23.5 Å². The van der Waals surface area contributed by atoms with E-state index >= 15 is 0 Å². The molecular weight excluding hydrogens is 270 g/mol. The first kappa shape index (κ1) is 13.7. The van der Waals surface area contributed by atoms with Gasteiger partial charge in [0.15, 0.2) is 0 Å². The Kier molecular flexibility index (Phi) is 4.31. The monoisotopic (exact) mass is 284 g/mol. The summed E-state index contributed by atoms with van der Waals surface area (Å²) in [7, 11) is 0. The molecule has 2 N–H and O–H groups in total. The maximum atomic E-state index is 12.8. The molecule has 0 aliphatic carbocycles. The molecule has 19 heavy (non-hydrogen) atoms. The zero-order valence-corrected chi connectivity index (χ0v) is 11.2. The van der Waals surface area contributed by atoms with Gasteiger partial charge >= 0.3 is 0 Å². The van der Waals surface area contributed by atoms with Crippen molar-refractivity contribution >= 4 is 17.0 Å². The number of ether oxygens (including phenoxy) is 1. The number of thiazole rings is 1. The van der Waals surface area contributed by atoms with E-state index in [-0.39, 0.29) is 11.3 Å². The number of hydrogen-bond donors (Lipinski definition) is 1. The molecule has 2 aromatic rings. The summed E-state index contributed by atoms with van der Waals surface area (Å²) in [5.41, 5.74) is 8.36. The van der Waals surface area contributed by atoms with Gasteiger partial charge in [-0.2, -0.15) is 0 Å². The van der Waals surface area contributed by atoms with Crippen LogP contribution in [0.1, 0.15) is 22.6 Å². The molecule has 3 nitrogen and oxygen atoms in total. The van der Waals surface area contributed by atoms with Crippen molar-refractivity contribution in [1.82, 2.24) is 4.98 Å². The van der Waals surface area contributed by atoms with Crippen molar-refractivity contribution in [3.8, 4) is 5.75 Å². The quantitative estimate of drug-likeness (QED) is 0.853. The van der Waals surface area contributed by atoms with E-state index in [4.69, 9.17) is 10.5 Å². The van der Waals surface area contributed by atoms with E-state index in [9.17, 15) is 8.78 Å². The van der Waals surface area contributed by atoms with Crippen molar-refractivity contribution in [2.75, 3.05) is 12.3 Å². The summed E-state index contributed by atoms with van der Waals surface area (Å²) in [6.45, 7) is 2.26. The second-order valence-corrected chi connectivity index (χ2v) is 5.00. The summed E-state index contributed by atoms with van der Waals surface area (Å²) in [6, 6.07) is 4.29. The molecule has 6 heteroatoms. The lowest BCUT2D eigenvalue weighted by Gasteiger charge is -2.11. The average Bonchev–Trinajstić information content (AvgIpc) is 2.77. The number of nitrogens with two attached hydrogens (primary N) is 1. The minimum absolute atomic E-state index is 0.166. The van der Waals surface area contributed by atoms with Crippen molar-refractivity contribution in [1.29, 1.82) is 0 Å². The minimum Gasteiger partial charge on any atom is -0.493 e. The Morgan fingerprint density at radius 1 is 1.42 bits per heavy atom. The first-order chi connectivity index (χ1) is 9.08. The third kappa shape index (κ3) is 3.41. The van der Waals surface area contributed by atoms with Crippen LogP contribution in [0.3, 0.4) is 0 Å². The predicted octanol–water partition coefficient (Wildman–Crippen LogP) is 3.59. The van der Waals surface area contributed by atoms with E-state index in [0.717, 1.165) is 10.6 Å². The fourth-order valence-electron chi connectivity index (χ4n) is 1.69. The minimum atomic E-state index is -2.59. The lowest BCUT2D eigenvalue weighted by Crippen LogP contribution is -2.04. The molecule has 0 saturated heterocycles. The molecule has 0 aliphatic rings. The molecule has 0 atom stereocenters. The van der Waals surface area contributed by atoms with Crippen LogP contribution >= 0.6 is 11.3 Å². The second-order valence-electron chi connectivity index (χ2n) is 4.06. The summed E-state index contributed by atoms with van der Waals surface area (Å²) in [4.78, 5) is 5.23. The normalized spacial score (nSPS) is 10.9. The molecule has 0 bridgehead atoms. The molecule has 0 unspecified atom stereocenters. The summed E-state index contributed by atoms with van der Waals surface area (Å²) in [6.07, 6.45) is -1.94. The molecular formula is C13H14F2N2OS. The Hall–Kier alpha value is -1.69. The number of aryl methyl sites for hydroxylation is 1. The Labute approximate surface area is 114 Å². The molecule has 0 spiro atoms. The van der Waals surface area contributed by atoms with Crippen LogP contribution in [0.5, 0.6) is 5.75 Å². The van der Waals surface area contributed by atoms with Crippen LogP contribution in [0.25, 0.3) is 0 Å². The zero-order valence-electron chi connectivity index (χ0n) is 10.4. The molecule has 1 aromatic heterocycles. The fourth-order valence-corrected chi connectivity index (χ4v) is 2.45. The lowest BCUT2D eigenvalue weighted by molar-refractivity contribution is 0.145. The standard InChI is InChI=1S/C13H14F2N2OS/c1-8-12(19-7-17-8)4-5-18-11-3-2-9(16)6-10(11)13(14)15/h2-3,6-7,13H,4-5,16H2,1H3. The number of hydrogen-bond acceptors (Lipinski definition) is 4. The number of nitrogens with zero attached hydrogens (tertiary/aromatic N) is 1. The van der Waals surface area contributed by atoms with Gasteiger partial charge < -0.3 is 10.5 Å². The first-order valence-electron chi connectivity index (χ1n) is 5.77. The fraction of sp³-hybridized carbons (Fsp3) is 0.308. The number of anilines is 1. The van der Waals surface area contributed by atoms with E-state index < -0.39 is 6.43 Å². The predicted molar refractivity (Wildman–Crippen MR) is 71.9 cm³/mol. The summed E-state index contributed by atoms with van der Waals surface area (Å²) >= 11 is 1.54. The Morgan fingerprint density at radius 2 is 2.21 bits per heavy atom. The van der Waals surface area contributed by atoms with E-state index in [0.29, 0.717) is 18.7 Å². The SMILES string of the molecule is Cc1ncsc1CCOc1ccc(N)cc1C(F)F. The van der Waals surface area contributed by atoms with Gasteiger partial charge in [-0.05, 0) is 25.1 Å². The molecule has 102 valence electrons. The van der Waals surface area contributed by atoms with Crippen LogP contribution in [0, 0.1) is 6.92 Å². The van der Waals surface area contributed by atoms with Crippen molar-refractivity contribution < 1.29 is 13.5 Å². The number of aromatic nitrogens is 1. The van der Waals surface area contributed by atoms with Gasteiger partial charge in [0.2, 0.25) is 0 Å². The van der Waals surface area contributed by atoms with Crippen LogP contribution in [-0.4, -0.2) is 11.6 Å². The second kappa shape index (κ2) is 5.97. The molecule has 2 rings (SSSR count). The smallest absolute Gasteiger partial charge is 0.267 e. The number of benzene rings is 1. The van der Waals surface area contributed by atoms with Crippen molar-refractivity contribution in [3.63, 3.8) is 0 Å². The summed E-state index contributed by atoms with van der Waals surface area (Å²) in [5, 5.41) is 0. The van der Waals surface area contributed by atoms with Crippen LogP contribution in [0.15, 0.2) is 23.7 Å². The van der Waals surface area contributed by atoms with Gasteiger partial charge in [0.05, 0.1) is 23.4 Å². The van der Waals surface area contributed by atoms with Crippen LogP contribution < -0.4 is 10.5 Å². The van der Waals surface area contributed by atoms with E-state index in [1.54, 1.807) is 11.6 Å². The Balaban J connectivity index is 2.01. The van der Waals surface area contributed by atoms with Gasteiger partial charge in [-0.1, -0.05) is 0 Å². The van der Waals surface area contributed by atoms with Gasteiger partial charge in [0, 0.05) is 17.0 Å². The highest BCUT2D eigenvalue weighted by Crippen LogP contribution is 2.30. The van der Waals surface area contributed by atoms with Gasteiger partial charge in [-0.3, -0.25) is 0 Å². The highest BCUT2D eigenvalue weighted by atomic mass is 32.1. The van der Waals surface area contributed by atoms with Gasteiger partial charge in [0.25, 0.3) is 6.43 Å². The molecule has 1 aromatic carbocycles. The maximum absolute atomic E-state index is 12.8. The Bertz CT molecular complexity index is 557. The van der Waals surface area contributed by atoms with Crippen molar-refractivity contribution in [2.45, 2.75) is 19.8 Å². The van der Waals surface area contributed by atoms with Gasteiger partial charge in [0.1, 0.15) is 5.75 Å². The molecule has 1 heterocycles. The number of halogens is 2. The van der Waals surface area contributed by atoms with Gasteiger partial charge in [-0.15, -0.1) is 11.3 Å². The van der Waals surface area contributed by atoms with Crippen molar-refractivity contribution in [3.05, 3.63) is 39.8 Å². The lowest BCUT2D eigenvalue weighted by atomic mass is 10.2. The highest BCUT2D eigenvalue weighted by Gasteiger charge is 2.14. The Morgan fingerprint density at radius 3 is 2.84 bits per heavy atom. The average molecular weight is 284 g/mol. The van der Waals surface area contributed by atoms with E-state index in [1.807, 2.05) is 6.92 Å². The largest absolute Gasteiger partial charge is 0.493 e. The molecule has 0 saturated carbocycles. The summed E-state index contributed by atoms with van der Waals surface area (Å²) < 4.78 is 31.1. The molecule has 0 radical (unpaired) electrons. The highest BCUT2D eigenvalue weighted by molar-refractivity contribution is 7.09. The number of alkyl halides is 2. The number of nitrogen functional groups attached to an aromatic ring is 1. The van der Waals surface area contributed by atoms with Crippen LogP contribution in [0.4, 0.5) is 14.5 Å². The first-order valence-corrected chi connectivity index (χ1v) is 6.65. The maximum Gasteiger partial charge on any atom is 0.267 e. The zero-order chi connectivity index (χ0) is 13.8. The number of rotatable bonds is 5. The molecule has 0 amide bonds. The third-order valence-electron chi connectivity index (χ3n) is 2.70. The molecule has 0 fully saturated rings. The van der Waals surface area contributed by atoms with Crippen molar-refractivity contribution in [2.24, 2.45) is 0 Å². The molecule has 0 aliphatic heterocycles. The third-order valence-corrected chi connectivity index (χ3v) is 3.70. The van der Waals surface area contributed by atoms with Crippen LogP contribution in [-0.2, 0) is 6.42 Å².